The molecule has 2 nitrogen and oxygen atoms in total. The summed E-state index contributed by atoms with van der Waals surface area (Å²) in [7, 11) is 2.84. The van der Waals surface area contributed by atoms with E-state index in [0.717, 1.165) is 19.4 Å². The van der Waals surface area contributed by atoms with Crippen molar-refractivity contribution in [3.8, 4) is 0 Å². The van der Waals surface area contributed by atoms with Gasteiger partial charge in [0.1, 0.15) is 5.78 Å². The van der Waals surface area contributed by atoms with E-state index in [9.17, 15) is 4.79 Å². The lowest BCUT2D eigenvalue weighted by molar-refractivity contribution is -0.127. The predicted molar refractivity (Wildman–Crippen MR) is 70.3 cm³/mol. The molecule has 1 aliphatic heterocycles. The Morgan fingerprint density at radius 3 is 2.38 bits per heavy atom. The van der Waals surface area contributed by atoms with E-state index in [2.05, 4.69) is 14.1 Å². The Kier molecular flexibility index (Phi) is 4.79. The van der Waals surface area contributed by atoms with Crippen LogP contribution in [0.3, 0.4) is 0 Å². The number of nitrogens with zero attached hydrogens (tertiary/aromatic N) is 1. The standard InChI is InChI=1S/C13H24NOP/c15-13-9-10-14(16)12-8-6-4-2-1-3-5-7-11(12)13/h11-12H,1-10,16H2. The zero-order valence-corrected chi connectivity index (χ0v) is 11.3. The molecule has 0 radical (unpaired) electrons. The lowest BCUT2D eigenvalue weighted by atomic mass is 9.82. The molecule has 3 unspecified atom stereocenters. The van der Waals surface area contributed by atoms with Gasteiger partial charge in [0.05, 0.1) is 0 Å². The van der Waals surface area contributed by atoms with Gasteiger partial charge in [-0.2, -0.15) is 0 Å². The molecule has 16 heavy (non-hydrogen) atoms. The Labute approximate surface area is 101 Å². The van der Waals surface area contributed by atoms with Crippen molar-refractivity contribution < 1.29 is 4.79 Å². The highest BCUT2D eigenvalue weighted by Crippen LogP contribution is 2.32. The Hall–Kier alpha value is 0.0600. The van der Waals surface area contributed by atoms with Gasteiger partial charge in [-0.05, 0) is 12.8 Å². The number of piperidine rings is 1. The molecule has 0 aromatic heterocycles. The van der Waals surface area contributed by atoms with Crippen LogP contribution in [0.2, 0.25) is 0 Å². The van der Waals surface area contributed by atoms with Crippen molar-refractivity contribution in [2.24, 2.45) is 5.92 Å². The van der Waals surface area contributed by atoms with Crippen LogP contribution < -0.4 is 0 Å². The number of carbonyl (C=O) groups excluding carboxylic acids is 1. The van der Waals surface area contributed by atoms with Gasteiger partial charge in [0.2, 0.25) is 0 Å². The molecule has 1 saturated heterocycles. The van der Waals surface area contributed by atoms with Gasteiger partial charge in [-0.3, -0.25) is 9.46 Å². The average Bonchev–Trinajstić information content (AvgIpc) is 2.30. The summed E-state index contributed by atoms with van der Waals surface area (Å²) in [4.78, 5) is 12.0. The summed E-state index contributed by atoms with van der Waals surface area (Å²) < 4.78 is 2.35. The number of hydrogen-bond donors (Lipinski definition) is 0. The fourth-order valence-corrected chi connectivity index (χ4v) is 3.67. The summed E-state index contributed by atoms with van der Waals surface area (Å²) in [6.07, 6.45) is 11.1. The summed E-state index contributed by atoms with van der Waals surface area (Å²) in [5, 5.41) is 0. The van der Waals surface area contributed by atoms with Gasteiger partial charge >= 0.3 is 0 Å². The molecular formula is C13H24NOP. The van der Waals surface area contributed by atoms with Crippen molar-refractivity contribution in [3.63, 3.8) is 0 Å². The topological polar surface area (TPSA) is 20.3 Å². The number of rotatable bonds is 0. The van der Waals surface area contributed by atoms with E-state index in [0.29, 0.717) is 17.7 Å². The fraction of sp³-hybridized carbons (Fsp3) is 0.923. The summed E-state index contributed by atoms with van der Waals surface area (Å²) >= 11 is 0. The van der Waals surface area contributed by atoms with Gasteiger partial charge in [0.25, 0.3) is 0 Å². The highest BCUT2D eigenvalue weighted by molar-refractivity contribution is 7.13. The summed E-state index contributed by atoms with van der Waals surface area (Å²) in [5.41, 5.74) is 0. The van der Waals surface area contributed by atoms with Gasteiger partial charge in [-0.15, -0.1) is 0 Å². The normalized spacial score (nSPS) is 34.4. The van der Waals surface area contributed by atoms with E-state index >= 15 is 0 Å². The van der Waals surface area contributed by atoms with Gasteiger partial charge in [0.15, 0.2) is 0 Å². The molecule has 0 aromatic rings. The molecule has 2 fully saturated rings. The van der Waals surface area contributed by atoms with E-state index in [4.69, 9.17) is 0 Å². The Morgan fingerprint density at radius 1 is 1.00 bits per heavy atom. The molecule has 1 aliphatic carbocycles. The number of ketones is 1. The first-order chi connectivity index (χ1) is 7.79. The van der Waals surface area contributed by atoms with Crippen LogP contribution in [0.5, 0.6) is 0 Å². The van der Waals surface area contributed by atoms with Crippen molar-refractivity contribution in [2.75, 3.05) is 6.54 Å². The molecule has 3 atom stereocenters. The maximum Gasteiger partial charge on any atom is 0.138 e. The molecule has 1 heterocycles. The maximum absolute atomic E-state index is 12.0. The molecule has 0 spiro atoms. The summed E-state index contributed by atoms with van der Waals surface area (Å²) in [5.74, 6) is 0.869. The van der Waals surface area contributed by atoms with Gasteiger partial charge in [-0.1, -0.05) is 47.9 Å². The van der Waals surface area contributed by atoms with E-state index in [1.165, 1.54) is 44.9 Å². The third-order valence-electron chi connectivity index (χ3n) is 4.19. The lowest BCUT2D eigenvalue weighted by Crippen LogP contribution is -2.44. The second-order valence-corrected chi connectivity index (χ2v) is 5.99. The third kappa shape index (κ3) is 3.05. The molecule has 92 valence electrons. The van der Waals surface area contributed by atoms with Crippen LogP contribution in [-0.4, -0.2) is 23.0 Å². The molecule has 1 saturated carbocycles. The average molecular weight is 241 g/mol. The first kappa shape index (κ1) is 12.5. The number of hydrogen-bond acceptors (Lipinski definition) is 2. The second-order valence-electron chi connectivity index (χ2n) is 5.33. The highest BCUT2D eigenvalue weighted by Gasteiger charge is 2.34. The van der Waals surface area contributed by atoms with Crippen molar-refractivity contribution in [1.29, 1.82) is 0 Å². The molecule has 0 amide bonds. The van der Waals surface area contributed by atoms with Crippen LogP contribution in [0, 0.1) is 5.92 Å². The molecule has 0 N–H and O–H groups in total. The second kappa shape index (κ2) is 6.12. The van der Waals surface area contributed by atoms with Crippen LogP contribution >= 0.6 is 9.39 Å². The number of carbonyl (C=O) groups is 1. The van der Waals surface area contributed by atoms with E-state index in [1.807, 2.05) is 0 Å². The minimum absolute atomic E-state index is 0.337. The minimum atomic E-state index is 0.337. The zero-order chi connectivity index (χ0) is 11.4. The van der Waals surface area contributed by atoms with Gasteiger partial charge in [0, 0.05) is 24.9 Å². The summed E-state index contributed by atoms with van der Waals surface area (Å²) in [6, 6.07) is 0.518. The third-order valence-corrected chi connectivity index (χ3v) is 4.83. The van der Waals surface area contributed by atoms with Crippen LogP contribution in [0.1, 0.15) is 57.8 Å². The minimum Gasteiger partial charge on any atom is -0.299 e. The molecule has 0 bridgehead atoms. The van der Waals surface area contributed by atoms with Gasteiger partial charge < -0.3 is 0 Å². The fourth-order valence-electron chi connectivity index (χ4n) is 3.18. The number of fused-ring (bicyclic) bond motifs is 1. The van der Waals surface area contributed by atoms with Crippen molar-refractivity contribution in [1.82, 2.24) is 4.67 Å². The molecule has 3 heteroatoms. The molecule has 0 aromatic carbocycles. The molecule has 2 rings (SSSR count). The quantitative estimate of drug-likeness (QED) is 0.607. The van der Waals surface area contributed by atoms with Crippen LogP contribution in [0.4, 0.5) is 0 Å². The van der Waals surface area contributed by atoms with Crippen LogP contribution in [0.15, 0.2) is 0 Å². The smallest absolute Gasteiger partial charge is 0.138 e. The monoisotopic (exact) mass is 241 g/mol. The zero-order valence-electron chi connectivity index (χ0n) is 10.2. The van der Waals surface area contributed by atoms with E-state index in [1.54, 1.807) is 0 Å². The molecule has 2 aliphatic rings. The first-order valence-electron chi connectivity index (χ1n) is 6.83. The molecular weight excluding hydrogens is 217 g/mol. The largest absolute Gasteiger partial charge is 0.299 e. The van der Waals surface area contributed by atoms with Crippen LogP contribution in [0.25, 0.3) is 0 Å². The Morgan fingerprint density at radius 2 is 1.62 bits per heavy atom. The first-order valence-corrected chi connectivity index (χ1v) is 7.35. The number of Topliss-reactive ketones (excluding diaryl/α,β-unsaturated/α-hetero) is 1. The Bertz CT molecular complexity index is 244. The van der Waals surface area contributed by atoms with Gasteiger partial charge in [-0.25, -0.2) is 0 Å². The predicted octanol–water partition coefficient (Wildman–Crippen LogP) is 3.17. The van der Waals surface area contributed by atoms with Crippen LogP contribution in [-0.2, 0) is 4.79 Å². The summed E-state index contributed by atoms with van der Waals surface area (Å²) in [6.45, 7) is 0.949. The lowest BCUT2D eigenvalue weighted by Gasteiger charge is -2.38. The van der Waals surface area contributed by atoms with Crippen molar-refractivity contribution in [2.45, 2.75) is 63.8 Å². The van der Waals surface area contributed by atoms with E-state index in [-0.39, 0.29) is 0 Å². The SMILES string of the molecule is O=C1CCN(P)C2CCCCCCCCC12. The maximum atomic E-state index is 12.0. The van der Waals surface area contributed by atoms with Crippen molar-refractivity contribution in [3.05, 3.63) is 0 Å². The highest BCUT2D eigenvalue weighted by atomic mass is 31.0. The Balaban J connectivity index is 2.01. The van der Waals surface area contributed by atoms with E-state index < -0.39 is 0 Å². The van der Waals surface area contributed by atoms with Crippen molar-refractivity contribution >= 4 is 15.2 Å².